The third-order valence-corrected chi connectivity index (χ3v) is 5.59. The Bertz CT molecular complexity index is 1190. The topological polar surface area (TPSA) is 138 Å². The molecule has 0 bridgehead atoms. The summed E-state index contributed by atoms with van der Waals surface area (Å²) in [7, 11) is -0.887. The fourth-order valence-corrected chi connectivity index (χ4v) is 3.76. The number of hydrogen-bond acceptors (Lipinski definition) is 8. The number of carbonyl (C=O) groups excluding carboxylic acids is 1. The Hall–Kier alpha value is -3.85. The Balaban J connectivity index is 1.86. The first-order valence-electron chi connectivity index (χ1n) is 12.1. The van der Waals surface area contributed by atoms with Gasteiger partial charge in [-0.1, -0.05) is 72.8 Å². The maximum absolute atomic E-state index is 13.2. The number of tetrazole rings is 1. The van der Waals surface area contributed by atoms with E-state index in [0.29, 0.717) is 12.4 Å². The SMILES string of the molecule is CB(O)NC(C)(C)C(=O)N[C@H](COCc1ccccc1)c1nnnn1C(C=Cc1ccccc1)CC#N. The maximum Gasteiger partial charge on any atom is 0.374 e. The van der Waals surface area contributed by atoms with E-state index in [4.69, 9.17) is 4.74 Å². The Morgan fingerprint density at radius 2 is 1.89 bits per heavy atom. The monoisotopic (exact) mass is 501 g/mol. The lowest BCUT2D eigenvalue weighted by molar-refractivity contribution is -0.127. The number of aromatic nitrogens is 4. The first-order valence-corrected chi connectivity index (χ1v) is 12.1. The maximum atomic E-state index is 13.2. The minimum Gasteiger partial charge on any atom is -0.437 e. The van der Waals surface area contributed by atoms with Gasteiger partial charge in [-0.2, -0.15) is 5.26 Å². The van der Waals surface area contributed by atoms with E-state index in [1.54, 1.807) is 20.7 Å². The Morgan fingerprint density at radius 1 is 1.22 bits per heavy atom. The molecular weight excluding hydrogens is 469 g/mol. The highest BCUT2D eigenvalue weighted by molar-refractivity contribution is 6.46. The van der Waals surface area contributed by atoms with Crippen LogP contribution in [0.3, 0.4) is 0 Å². The van der Waals surface area contributed by atoms with Crippen LogP contribution in [0.4, 0.5) is 0 Å². The molecule has 2 atom stereocenters. The van der Waals surface area contributed by atoms with Crippen LogP contribution in [-0.2, 0) is 16.1 Å². The van der Waals surface area contributed by atoms with E-state index in [-0.39, 0.29) is 18.9 Å². The van der Waals surface area contributed by atoms with Crippen LogP contribution < -0.4 is 10.5 Å². The predicted molar refractivity (Wildman–Crippen MR) is 141 cm³/mol. The summed E-state index contributed by atoms with van der Waals surface area (Å²) in [4.78, 5) is 13.2. The molecule has 1 unspecified atom stereocenters. The van der Waals surface area contributed by atoms with E-state index in [0.717, 1.165) is 11.1 Å². The molecule has 1 amide bonds. The van der Waals surface area contributed by atoms with Crippen LogP contribution in [-0.4, -0.2) is 50.3 Å². The molecule has 0 saturated heterocycles. The van der Waals surface area contributed by atoms with Crippen molar-refractivity contribution in [1.82, 2.24) is 30.8 Å². The number of benzene rings is 2. The highest BCUT2D eigenvalue weighted by Gasteiger charge is 2.33. The Labute approximate surface area is 217 Å². The van der Waals surface area contributed by atoms with E-state index in [1.165, 1.54) is 4.68 Å². The first-order chi connectivity index (χ1) is 17.8. The quantitative estimate of drug-likeness (QED) is 0.304. The molecule has 1 heterocycles. The number of ether oxygens (including phenoxy) is 1. The fraction of sp³-hybridized carbons (Fsp3) is 0.346. The Kier molecular flexibility index (Phi) is 10.1. The number of amides is 1. The van der Waals surface area contributed by atoms with Crippen LogP contribution in [0.15, 0.2) is 66.7 Å². The molecule has 1 aromatic heterocycles. The van der Waals surface area contributed by atoms with Crippen molar-refractivity contribution in [2.24, 2.45) is 0 Å². The molecule has 0 radical (unpaired) electrons. The number of hydrogen-bond donors (Lipinski definition) is 3. The second kappa shape index (κ2) is 13.5. The van der Waals surface area contributed by atoms with Crippen molar-refractivity contribution in [3.63, 3.8) is 0 Å². The van der Waals surface area contributed by atoms with Crippen LogP contribution in [0.25, 0.3) is 6.08 Å². The lowest BCUT2D eigenvalue weighted by atomic mass is 9.83. The van der Waals surface area contributed by atoms with Gasteiger partial charge in [0.05, 0.1) is 37.3 Å². The van der Waals surface area contributed by atoms with Crippen LogP contribution in [0, 0.1) is 11.3 Å². The molecule has 0 aliphatic carbocycles. The van der Waals surface area contributed by atoms with Gasteiger partial charge in [0.1, 0.15) is 6.04 Å². The third kappa shape index (κ3) is 8.36. The lowest BCUT2D eigenvalue weighted by Crippen LogP contribution is -2.58. The molecular formula is C26H32BN7O3. The first kappa shape index (κ1) is 27.7. The average Bonchev–Trinajstić information content (AvgIpc) is 3.36. The fourth-order valence-electron chi connectivity index (χ4n) is 3.76. The summed E-state index contributed by atoms with van der Waals surface area (Å²) < 4.78 is 7.48. The number of nitrogens with zero attached hydrogens (tertiary/aromatic N) is 5. The molecule has 2 aromatic carbocycles. The van der Waals surface area contributed by atoms with Gasteiger partial charge in [0.25, 0.3) is 0 Å². The third-order valence-electron chi connectivity index (χ3n) is 5.59. The van der Waals surface area contributed by atoms with Crippen molar-refractivity contribution >= 4 is 19.0 Å². The zero-order valence-electron chi connectivity index (χ0n) is 21.3. The summed E-state index contributed by atoms with van der Waals surface area (Å²) in [6.45, 7) is 5.30. The highest BCUT2D eigenvalue weighted by Crippen LogP contribution is 2.21. The molecule has 37 heavy (non-hydrogen) atoms. The minimum atomic E-state index is -1.08. The average molecular weight is 501 g/mol. The van der Waals surface area contributed by atoms with Crippen molar-refractivity contribution in [2.45, 2.75) is 51.3 Å². The van der Waals surface area contributed by atoms with Crippen LogP contribution >= 0.6 is 0 Å². The molecule has 10 nitrogen and oxygen atoms in total. The summed E-state index contributed by atoms with van der Waals surface area (Å²) in [5.41, 5.74) is 0.877. The molecule has 0 aliphatic heterocycles. The van der Waals surface area contributed by atoms with Crippen molar-refractivity contribution in [2.75, 3.05) is 6.61 Å². The highest BCUT2D eigenvalue weighted by atomic mass is 16.5. The summed E-state index contributed by atoms with van der Waals surface area (Å²) >= 11 is 0. The van der Waals surface area contributed by atoms with Crippen molar-refractivity contribution in [1.29, 1.82) is 5.26 Å². The van der Waals surface area contributed by atoms with Gasteiger partial charge in [-0.25, -0.2) is 4.68 Å². The van der Waals surface area contributed by atoms with E-state index in [9.17, 15) is 15.1 Å². The van der Waals surface area contributed by atoms with Gasteiger partial charge in [0.2, 0.25) is 5.91 Å². The Morgan fingerprint density at radius 3 is 2.54 bits per heavy atom. The minimum absolute atomic E-state index is 0.0907. The molecule has 3 aromatic rings. The molecule has 0 spiro atoms. The molecule has 3 N–H and O–H groups in total. The number of allylic oxidation sites excluding steroid dienone is 1. The summed E-state index contributed by atoms with van der Waals surface area (Å²) in [6, 6.07) is 20.4. The van der Waals surface area contributed by atoms with Crippen LogP contribution in [0.2, 0.25) is 6.82 Å². The number of nitrogens with one attached hydrogen (secondary N) is 2. The smallest absolute Gasteiger partial charge is 0.374 e. The molecule has 0 saturated carbocycles. The largest absolute Gasteiger partial charge is 0.437 e. The van der Waals surface area contributed by atoms with Gasteiger partial charge in [-0.3, -0.25) is 4.79 Å². The number of nitriles is 1. The number of carbonyl (C=O) groups is 1. The molecule has 3 rings (SSSR count). The van der Waals surface area contributed by atoms with E-state index >= 15 is 0 Å². The summed E-state index contributed by atoms with van der Waals surface area (Å²) in [6.07, 6.45) is 3.89. The number of rotatable bonds is 13. The molecule has 0 fully saturated rings. The summed E-state index contributed by atoms with van der Waals surface area (Å²) in [5, 5.41) is 37.2. The van der Waals surface area contributed by atoms with Crippen LogP contribution in [0.1, 0.15) is 49.3 Å². The van der Waals surface area contributed by atoms with Crippen molar-refractivity contribution in [3.8, 4) is 6.07 Å². The van der Waals surface area contributed by atoms with Crippen molar-refractivity contribution in [3.05, 3.63) is 83.7 Å². The van der Waals surface area contributed by atoms with E-state index < -0.39 is 24.7 Å². The van der Waals surface area contributed by atoms with Gasteiger partial charge >= 0.3 is 7.05 Å². The standard InChI is InChI=1S/C26H32BN7O3/c1-26(2,31-27(3)36)25(35)29-23(19-37-18-21-12-8-5-9-13-21)24-30-32-33-34(24)22(16-17-28)15-14-20-10-6-4-7-11-20/h4-15,22-23,31,36H,16,18-19H2,1-3H3,(H,29,35)/t22?,23-/m1/s1. The summed E-state index contributed by atoms with van der Waals surface area (Å²) in [5.74, 6) is -0.0138. The van der Waals surface area contributed by atoms with Gasteiger partial charge in [0, 0.05) is 0 Å². The van der Waals surface area contributed by atoms with Gasteiger partial charge in [0.15, 0.2) is 5.82 Å². The zero-order valence-corrected chi connectivity index (χ0v) is 21.3. The van der Waals surface area contributed by atoms with Gasteiger partial charge in [-0.05, 0) is 42.2 Å². The normalized spacial score (nSPS) is 13.2. The van der Waals surface area contributed by atoms with Gasteiger partial charge < -0.3 is 20.3 Å². The molecule has 11 heteroatoms. The van der Waals surface area contributed by atoms with Crippen molar-refractivity contribution < 1.29 is 14.6 Å². The zero-order chi connectivity index (χ0) is 26.7. The molecule has 0 aliphatic rings. The van der Waals surface area contributed by atoms with Crippen LogP contribution in [0.5, 0.6) is 0 Å². The molecule has 192 valence electrons. The predicted octanol–water partition coefficient (Wildman–Crippen LogP) is 2.69. The second-order valence-corrected chi connectivity index (χ2v) is 9.15. The van der Waals surface area contributed by atoms with Gasteiger partial charge in [-0.15, -0.1) is 5.10 Å². The lowest BCUT2D eigenvalue weighted by Gasteiger charge is -2.29. The van der Waals surface area contributed by atoms with E-state index in [1.807, 2.05) is 72.8 Å². The second-order valence-electron chi connectivity index (χ2n) is 9.15. The van der Waals surface area contributed by atoms with E-state index in [2.05, 4.69) is 32.1 Å².